The molecule has 0 fully saturated rings. The molecule has 0 N–H and O–H groups in total. The molecule has 3 aliphatic heterocycles. The van der Waals surface area contributed by atoms with Crippen molar-refractivity contribution in [3.63, 3.8) is 0 Å². The van der Waals surface area contributed by atoms with Crippen molar-refractivity contribution in [1.82, 2.24) is 13.7 Å². The lowest BCUT2D eigenvalue weighted by Gasteiger charge is -2.35. The van der Waals surface area contributed by atoms with Gasteiger partial charge in [-0.3, -0.25) is 0 Å². The molecule has 9 heterocycles. The molecule has 0 amide bonds. The number of unbranched alkanes of at least 4 members (excludes halogenated alkanes) is 6. The number of thioether (sulfide) groups is 2. The molecule has 0 saturated heterocycles. The standard InChI is InChI=1S/C53H67N5S7Si/c1-10-14-16-18-22-40-23-24-41(61-40)36(8)60-37(9)48-49-51-46(35(7)54-48)43-27-45-53(63-43)52-44-26-42(62-52)34(6)50-47(33(5)30-59-25-19-17-15-11-2)55-64-57(50)28-38(20-12-3)31-66(44,45)32-39(21-13-4)29-58(51)65-56-49/h23-24,26-27,38-39H,5-6,8-22,25,28-32H2,1-4,7H3/q+2. The Labute approximate surface area is 424 Å². The van der Waals surface area contributed by atoms with Gasteiger partial charge in [-0.15, -0.1) is 34.0 Å². The van der Waals surface area contributed by atoms with Crippen molar-refractivity contribution in [2.75, 3.05) is 11.5 Å². The van der Waals surface area contributed by atoms with Crippen LogP contribution in [-0.4, -0.2) is 33.3 Å². The van der Waals surface area contributed by atoms with E-state index in [-0.39, 0.29) is 0 Å². The third-order valence-electron chi connectivity index (χ3n) is 14.0. The summed E-state index contributed by atoms with van der Waals surface area (Å²) in [5.74, 6) is 3.18. The van der Waals surface area contributed by atoms with Gasteiger partial charge in [-0.25, -0.2) is 4.98 Å². The van der Waals surface area contributed by atoms with Crippen LogP contribution >= 0.6 is 81.0 Å². The van der Waals surface area contributed by atoms with Crippen LogP contribution in [-0.2, 0) is 19.5 Å². The number of nitrogens with zero attached hydrogens (tertiary/aromatic N) is 5. The average molecular weight is 1030 g/mol. The van der Waals surface area contributed by atoms with Gasteiger partial charge < -0.3 is 0 Å². The Kier molecular flexibility index (Phi) is 15.6. The van der Waals surface area contributed by atoms with Gasteiger partial charge in [0.05, 0.1) is 11.3 Å². The number of hydrogen-bond donors (Lipinski definition) is 0. The Morgan fingerprint density at radius 2 is 1.42 bits per heavy atom. The van der Waals surface area contributed by atoms with Gasteiger partial charge in [0.15, 0.2) is 5.69 Å². The van der Waals surface area contributed by atoms with Gasteiger partial charge in [0.25, 0.3) is 29.0 Å². The van der Waals surface area contributed by atoms with Crippen LogP contribution in [0.2, 0.25) is 12.1 Å². The van der Waals surface area contributed by atoms with Crippen LogP contribution in [0.25, 0.3) is 52.2 Å². The number of hydrogen-bond acceptors (Lipinski definition) is 10. The molecule has 3 atom stereocenters. The van der Waals surface area contributed by atoms with E-state index in [4.69, 9.17) is 20.3 Å². The summed E-state index contributed by atoms with van der Waals surface area (Å²) < 4.78 is 15.5. The van der Waals surface area contributed by atoms with Crippen molar-refractivity contribution in [2.45, 2.75) is 143 Å². The molecule has 348 valence electrons. The molecule has 0 aromatic carbocycles. The quantitative estimate of drug-likeness (QED) is 0.0408. The van der Waals surface area contributed by atoms with E-state index >= 15 is 0 Å². The molecule has 0 saturated carbocycles. The van der Waals surface area contributed by atoms with Gasteiger partial charge in [0, 0.05) is 64.7 Å². The summed E-state index contributed by atoms with van der Waals surface area (Å²) in [6, 6.07) is 12.4. The summed E-state index contributed by atoms with van der Waals surface area (Å²) in [4.78, 5) is 15.8. The largest absolute Gasteiger partial charge is 0.278 e. The number of pyridine rings is 1. The Bertz CT molecular complexity index is 2780. The molecule has 66 heavy (non-hydrogen) atoms. The van der Waals surface area contributed by atoms with Crippen molar-refractivity contribution < 1.29 is 7.91 Å². The van der Waals surface area contributed by atoms with Crippen molar-refractivity contribution in [3.8, 4) is 20.2 Å². The van der Waals surface area contributed by atoms with Crippen LogP contribution in [0.1, 0.15) is 142 Å². The van der Waals surface area contributed by atoms with E-state index < -0.39 is 8.07 Å². The number of fused-ring (bicyclic) bond motifs is 5. The summed E-state index contributed by atoms with van der Waals surface area (Å²) in [6.07, 6.45) is 16.2. The van der Waals surface area contributed by atoms with E-state index in [1.165, 1.54) is 141 Å². The predicted molar refractivity (Wildman–Crippen MR) is 299 cm³/mol. The molecule has 1 spiro atoms. The second kappa shape index (κ2) is 21.2. The maximum atomic E-state index is 5.43. The minimum Gasteiger partial charge on any atom is -0.247 e. The van der Waals surface area contributed by atoms with Crippen LogP contribution in [0, 0.1) is 18.8 Å². The zero-order chi connectivity index (χ0) is 46.1. The molecule has 4 bridgehead atoms. The fourth-order valence-electron chi connectivity index (χ4n) is 10.9. The molecule has 3 aliphatic rings. The lowest BCUT2D eigenvalue weighted by atomic mass is 10.0. The first-order valence-corrected chi connectivity index (χ1v) is 32.9. The molecular weight excluding hydrogens is 959 g/mol. The van der Waals surface area contributed by atoms with Crippen LogP contribution in [0.5, 0.6) is 0 Å². The molecule has 6 aromatic heterocycles. The maximum absolute atomic E-state index is 5.43. The molecule has 3 unspecified atom stereocenters. The van der Waals surface area contributed by atoms with Crippen molar-refractivity contribution in [2.24, 2.45) is 11.8 Å². The van der Waals surface area contributed by atoms with Crippen molar-refractivity contribution in [1.29, 1.82) is 0 Å². The lowest BCUT2D eigenvalue weighted by Crippen LogP contribution is -2.58. The van der Waals surface area contributed by atoms with Gasteiger partial charge in [-0.1, -0.05) is 117 Å². The number of thiophene rings is 3. The fraction of sp³-hybridized carbons (Fsp3) is 0.491. The zero-order valence-electron chi connectivity index (χ0n) is 39.8. The Balaban J connectivity index is 1.09. The first-order chi connectivity index (χ1) is 32.1. The SMILES string of the molecule is C=C(SC(=C)c1nc(C)c2c3c1ns[n+]3CC(CCC)C[Si]13CC(CCC)C[n+]4snc(C(=C)CSCCCCCC)c4C(=C)c4cc1c(s4)-c1sc-2cc13)c1ccc(CCCCCC)s1. The highest BCUT2D eigenvalue weighted by Crippen LogP contribution is 2.51. The number of aryl methyl sites for hydroxylation is 2. The normalized spacial score (nSPS) is 18.5. The summed E-state index contributed by atoms with van der Waals surface area (Å²) in [5, 5.41) is 3.38. The molecule has 9 rings (SSSR count). The summed E-state index contributed by atoms with van der Waals surface area (Å²) in [7, 11) is -2.27. The maximum Gasteiger partial charge on any atom is 0.278 e. The highest BCUT2D eigenvalue weighted by molar-refractivity contribution is 8.16. The van der Waals surface area contributed by atoms with Gasteiger partial charge in [-0.05, 0) is 103 Å². The smallest absolute Gasteiger partial charge is 0.247 e. The minimum absolute atomic E-state index is 0.533. The molecular formula is C53H67N5S7Si+2. The highest BCUT2D eigenvalue weighted by atomic mass is 32.2. The summed E-state index contributed by atoms with van der Waals surface area (Å²) >= 11 is 12.9. The first kappa shape index (κ1) is 48.5. The van der Waals surface area contributed by atoms with Crippen LogP contribution in [0.4, 0.5) is 0 Å². The van der Waals surface area contributed by atoms with Gasteiger partial charge >= 0.3 is 0 Å². The average Bonchev–Trinajstić information content (AvgIpc) is 4.16. The zero-order valence-corrected chi connectivity index (χ0v) is 46.5. The monoisotopic (exact) mass is 1030 g/mol. The second-order valence-electron chi connectivity index (χ2n) is 19.0. The van der Waals surface area contributed by atoms with E-state index in [9.17, 15) is 0 Å². The van der Waals surface area contributed by atoms with Crippen LogP contribution in [0.15, 0.2) is 50.6 Å². The van der Waals surface area contributed by atoms with E-state index in [1.54, 1.807) is 45.6 Å². The van der Waals surface area contributed by atoms with Crippen molar-refractivity contribution >= 4 is 131 Å². The summed E-state index contributed by atoms with van der Waals surface area (Å²) in [6.45, 7) is 32.3. The van der Waals surface area contributed by atoms with E-state index in [2.05, 4.69) is 86.5 Å². The van der Waals surface area contributed by atoms with E-state index in [1.807, 2.05) is 45.8 Å². The Morgan fingerprint density at radius 1 is 0.758 bits per heavy atom. The van der Waals surface area contributed by atoms with Crippen molar-refractivity contribution in [3.05, 3.63) is 88.0 Å². The van der Waals surface area contributed by atoms with E-state index in [0.717, 1.165) is 68.8 Å². The minimum atomic E-state index is -2.27. The Hall–Kier alpha value is -2.49. The second-order valence-corrected chi connectivity index (χ2v) is 30.2. The van der Waals surface area contributed by atoms with Gasteiger partial charge in [0.1, 0.15) is 26.9 Å². The predicted octanol–water partition coefficient (Wildman–Crippen LogP) is 15.2. The number of aromatic nitrogens is 5. The molecule has 0 aliphatic carbocycles. The highest BCUT2D eigenvalue weighted by Gasteiger charge is 2.52. The third kappa shape index (κ3) is 9.43. The lowest BCUT2D eigenvalue weighted by molar-refractivity contribution is -0.638. The van der Waals surface area contributed by atoms with E-state index in [0.29, 0.717) is 11.8 Å². The number of rotatable bonds is 21. The van der Waals surface area contributed by atoms with Gasteiger partial charge in [0.2, 0.25) is 11.2 Å². The van der Waals surface area contributed by atoms with Crippen LogP contribution < -0.4 is 18.3 Å². The molecule has 6 aromatic rings. The summed E-state index contributed by atoms with van der Waals surface area (Å²) in [5.41, 5.74) is 9.98. The first-order valence-electron chi connectivity index (χ1n) is 24.6. The molecule has 0 radical (unpaired) electrons. The van der Waals surface area contributed by atoms with Crippen LogP contribution in [0.3, 0.4) is 0 Å². The molecule has 13 heteroatoms. The Morgan fingerprint density at radius 3 is 2.14 bits per heavy atom. The fourth-order valence-corrected chi connectivity index (χ4v) is 25.7. The van der Waals surface area contributed by atoms with Gasteiger partial charge in [-0.2, -0.15) is 19.7 Å². The topological polar surface area (TPSA) is 46.4 Å². The molecule has 5 nitrogen and oxygen atoms in total. The third-order valence-corrected chi connectivity index (χ3v) is 27.3.